The number of nitrogens with one attached hydrogen (secondary N) is 1. The van der Waals surface area contributed by atoms with Gasteiger partial charge in [-0.2, -0.15) is 0 Å². The van der Waals surface area contributed by atoms with Crippen molar-refractivity contribution in [2.24, 2.45) is 0 Å². The van der Waals surface area contributed by atoms with Crippen LogP contribution in [0.3, 0.4) is 0 Å². The van der Waals surface area contributed by atoms with Crippen LogP contribution < -0.4 is 5.32 Å². The molecular weight excluding hydrogens is 221 g/mol. The first-order chi connectivity index (χ1) is 7.84. The van der Waals surface area contributed by atoms with E-state index >= 15 is 0 Å². The Kier molecular flexibility index (Phi) is 2.40. The van der Waals surface area contributed by atoms with Crippen LogP contribution in [0.4, 0.5) is 10.1 Å². The van der Waals surface area contributed by atoms with Crippen molar-refractivity contribution in [3.05, 3.63) is 52.0 Å². The van der Waals surface area contributed by atoms with Gasteiger partial charge in [0.2, 0.25) is 0 Å². The van der Waals surface area contributed by atoms with E-state index in [9.17, 15) is 4.39 Å². The van der Waals surface area contributed by atoms with E-state index in [1.807, 2.05) is 6.07 Å². The molecule has 0 saturated carbocycles. The minimum atomic E-state index is -0.149. The van der Waals surface area contributed by atoms with Crippen molar-refractivity contribution in [1.82, 2.24) is 0 Å². The molecule has 0 bridgehead atoms. The molecule has 16 heavy (non-hydrogen) atoms. The molecule has 0 saturated heterocycles. The normalized spacial score (nSPS) is 18.9. The lowest BCUT2D eigenvalue weighted by molar-refractivity contribution is 0.619. The highest BCUT2D eigenvalue weighted by molar-refractivity contribution is 7.10. The lowest BCUT2D eigenvalue weighted by Gasteiger charge is -2.26. The van der Waals surface area contributed by atoms with Gasteiger partial charge in [0.05, 0.1) is 0 Å². The first kappa shape index (κ1) is 9.85. The lowest BCUT2D eigenvalue weighted by Crippen LogP contribution is -2.17. The Labute approximate surface area is 97.9 Å². The second kappa shape index (κ2) is 3.91. The van der Waals surface area contributed by atoms with Crippen LogP contribution in [0.25, 0.3) is 0 Å². The van der Waals surface area contributed by atoms with E-state index in [-0.39, 0.29) is 5.82 Å². The van der Waals surface area contributed by atoms with Crippen molar-refractivity contribution in [3.63, 3.8) is 0 Å². The van der Waals surface area contributed by atoms with Gasteiger partial charge in [-0.25, -0.2) is 4.39 Å². The third-order valence-electron chi connectivity index (χ3n) is 3.02. The van der Waals surface area contributed by atoms with E-state index in [0.29, 0.717) is 5.92 Å². The summed E-state index contributed by atoms with van der Waals surface area (Å²) >= 11 is 1.75. The lowest BCUT2D eigenvalue weighted by atomic mass is 9.90. The third kappa shape index (κ3) is 1.61. The molecule has 1 atom stereocenters. The van der Waals surface area contributed by atoms with Crippen LogP contribution in [-0.4, -0.2) is 6.54 Å². The molecule has 1 aromatic heterocycles. The van der Waals surface area contributed by atoms with Crippen molar-refractivity contribution < 1.29 is 4.39 Å². The Morgan fingerprint density at radius 2 is 2.25 bits per heavy atom. The molecule has 1 unspecified atom stereocenters. The zero-order valence-electron chi connectivity index (χ0n) is 8.74. The van der Waals surface area contributed by atoms with Gasteiger partial charge in [-0.1, -0.05) is 6.07 Å². The summed E-state index contributed by atoms with van der Waals surface area (Å²) in [5, 5.41) is 5.40. The molecule has 1 aliphatic rings. The van der Waals surface area contributed by atoms with Crippen LogP contribution in [0.15, 0.2) is 35.7 Å². The van der Waals surface area contributed by atoms with Crippen LogP contribution in [0, 0.1) is 5.82 Å². The van der Waals surface area contributed by atoms with Crippen LogP contribution in [-0.2, 0) is 0 Å². The maximum atomic E-state index is 13.3. The SMILES string of the molecule is Fc1ccc2c(c1)C(c1cccs1)CCN2. The zero-order chi connectivity index (χ0) is 11.0. The number of hydrogen-bond acceptors (Lipinski definition) is 2. The van der Waals surface area contributed by atoms with Crippen molar-refractivity contribution in [2.75, 3.05) is 11.9 Å². The summed E-state index contributed by atoms with van der Waals surface area (Å²) in [6.07, 6.45) is 1.04. The molecule has 2 aromatic rings. The number of halogens is 1. The summed E-state index contributed by atoms with van der Waals surface area (Å²) in [6, 6.07) is 9.20. The van der Waals surface area contributed by atoms with Crippen LogP contribution >= 0.6 is 11.3 Å². The number of fused-ring (bicyclic) bond motifs is 1. The molecule has 2 heterocycles. The molecule has 1 aliphatic heterocycles. The Hall–Kier alpha value is -1.35. The average molecular weight is 233 g/mol. The predicted molar refractivity (Wildman–Crippen MR) is 65.7 cm³/mol. The minimum absolute atomic E-state index is 0.149. The first-order valence-corrected chi connectivity index (χ1v) is 6.29. The summed E-state index contributed by atoms with van der Waals surface area (Å²) in [5.41, 5.74) is 2.17. The van der Waals surface area contributed by atoms with E-state index in [1.165, 1.54) is 10.9 Å². The zero-order valence-corrected chi connectivity index (χ0v) is 9.56. The Bertz CT molecular complexity index is 493. The van der Waals surface area contributed by atoms with E-state index < -0.39 is 0 Å². The van der Waals surface area contributed by atoms with E-state index in [1.54, 1.807) is 17.4 Å². The molecule has 3 heteroatoms. The van der Waals surface area contributed by atoms with Crippen LogP contribution in [0.2, 0.25) is 0 Å². The van der Waals surface area contributed by atoms with E-state index in [4.69, 9.17) is 0 Å². The van der Waals surface area contributed by atoms with E-state index in [2.05, 4.69) is 22.8 Å². The predicted octanol–water partition coefficient (Wildman–Crippen LogP) is 3.83. The van der Waals surface area contributed by atoms with Crippen molar-refractivity contribution >= 4 is 17.0 Å². The van der Waals surface area contributed by atoms with Gasteiger partial charge >= 0.3 is 0 Å². The fourth-order valence-corrected chi connectivity index (χ4v) is 3.16. The topological polar surface area (TPSA) is 12.0 Å². The molecule has 0 aliphatic carbocycles. The number of hydrogen-bond donors (Lipinski definition) is 1. The van der Waals surface area contributed by atoms with Gasteiger partial charge in [0.1, 0.15) is 5.82 Å². The largest absolute Gasteiger partial charge is 0.385 e. The monoisotopic (exact) mass is 233 g/mol. The summed E-state index contributed by atoms with van der Waals surface area (Å²) < 4.78 is 13.3. The smallest absolute Gasteiger partial charge is 0.123 e. The molecule has 1 aromatic carbocycles. The van der Waals surface area contributed by atoms with Crippen molar-refractivity contribution in [3.8, 4) is 0 Å². The second-order valence-corrected chi connectivity index (χ2v) is 4.99. The molecule has 1 N–H and O–H groups in total. The number of anilines is 1. The highest BCUT2D eigenvalue weighted by Gasteiger charge is 2.22. The van der Waals surface area contributed by atoms with Crippen molar-refractivity contribution in [1.29, 1.82) is 0 Å². The van der Waals surface area contributed by atoms with Gasteiger partial charge in [0.15, 0.2) is 0 Å². The molecule has 0 fully saturated rings. The quantitative estimate of drug-likeness (QED) is 0.789. The van der Waals surface area contributed by atoms with Gasteiger partial charge in [0, 0.05) is 23.0 Å². The molecule has 0 amide bonds. The molecule has 0 spiro atoms. The summed E-state index contributed by atoms with van der Waals surface area (Å²) in [4.78, 5) is 1.33. The Morgan fingerprint density at radius 3 is 3.06 bits per heavy atom. The fourth-order valence-electron chi connectivity index (χ4n) is 2.27. The average Bonchev–Trinajstić information content (AvgIpc) is 2.81. The number of benzene rings is 1. The Balaban J connectivity index is 2.08. The molecule has 0 radical (unpaired) electrons. The maximum absolute atomic E-state index is 13.3. The van der Waals surface area contributed by atoms with Gasteiger partial charge in [-0.05, 0) is 41.6 Å². The first-order valence-electron chi connectivity index (χ1n) is 5.41. The van der Waals surface area contributed by atoms with E-state index in [0.717, 1.165) is 24.2 Å². The summed E-state index contributed by atoms with van der Waals surface area (Å²) in [5.74, 6) is 0.205. The van der Waals surface area contributed by atoms with Gasteiger partial charge in [-0.15, -0.1) is 11.3 Å². The second-order valence-electron chi connectivity index (χ2n) is 4.02. The highest BCUT2D eigenvalue weighted by Crippen LogP contribution is 2.38. The maximum Gasteiger partial charge on any atom is 0.123 e. The Morgan fingerprint density at radius 1 is 1.31 bits per heavy atom. The van der Waals surface area contributed by atoms with Gasteiger partial charge in [-0.3, -0.25) is 0 Å². The summed E-state index contributed by atoms with van der Waals surface area (Å²) in [7, 11) is 0. The summed E-state index contributed by atoms with van der Waals surface area (Å²) in [6.45, 7) is 0.960. The van der Waals surface area contributed by atoms with Gasteiger partial charge < -0.3 is 5.32 Å². The van der Waals surface area contributed by atoms with Crippen LogP contribution in [0.1, 0.15) is 22.8 Å². The fraction of sp³-hybridized carbons (Fsp3) is 0.231. The van der Waals surface area contributed by atoms with Crippen molar-refractivity contribution in [2.45, 2.75) is 12.3 Å². The molecule has 1 nitrogen and oxygen atoms in total. The van der Waals surface area contributed by atoms with Crippen LogP contribution in [0.5, 0.6) is 0 Å². The highest BCUT2D eigenvalue weighted by atomic mass is 32.1. The molecule has 82 valence electrons. The van der Waals surface area contributed by atoms with Gasteiger partial charge in [0.25, 0.3) is 0 Å². The third-order valence-corrected chi connectivity index (χ3v) is 4.01. The number of thiophene rings is 1. The minimum Gasteiger partial charge on any atom is -0.385 e. The standard InChI is InChI=1S/C13H12FNS/c14-9-3-4-12-11(8-9)10(5-6-15-12)13-2-1-7-16-13/h1-4,7-8,10,15H,5-6H2. The molecular formula is C13H12FNS. The number of rotatable bonds is 1. The molecule has 3 rings (SSSR count).